The van der Waals surface area contributed by atoms with Crippen molar-refractivity contribution in [3.8, 4) is 5.69 Å². The lowest BCUT2D eigenvalue weighted by atomic mass is 10.2. The molecule has 0 spiro atoms. The molecule has 0 aliphatic rings. The van der Waals surface area contributed by atoms with Crippen LogP contribution in [0.1, 0.15) is 5.56 Å². The van der Waals surface area contributed by atoms with Crippen LogP contribution in [0.25, 0.3) is 16.7 Å². The van der Waals surface area contributed by atoms with Crippen molar-refractivity contribution in [2.45, 2.75) is 11.8 Å². The van der Waals surface area contributed by atoms with E-state index in [1.807, 2.05) is 4.72 Å². The van der Waals surface area contributed by atoms with Gasteiger partial charge in [0.15, 0.2) is 17.3 Å². The van der Waals surface area contributed by atoms with Gasteiger partial charge in [-0.3, -0.25) is 14.1 Å². The summed E-state index contributed by atoms with van der Waals surface area (Å²) in [7, 11) is -3.15. The van der Waals surface area contributed by atoms with E-state index in [1.165, 1.54) is 26.1 Å². The van der Waals surface area contributed by atoms with Crippen molar-refractivity contribution in [3.63, 3.8) is 0 Å². The maximum Gasteiger partial charge on any atom is 0.337 e. The summed E-state index contributed by atoms with van der Waals surface area (Å²) in [6, 6.07) is 5.64. The average Bonchev–Trinajstić information content (AvgIpc) is 2.77. The summed E-state index contributed by atoms with van der Waals surface area (Å²) < 4.78 is 59.0. The first-order chi connectivity index (χ1) is 15.9. The topological polar surface area (TPSA) is 142 Å². The van der Waals surface area contributed by atoms with Crippen LogP contribution in [0.15, 0.2) is 51.0 Å². The summed E-state index contributed by atoms with van der Waals surface area (Å²) in [6.07, 6.45) is 1.01. The normalized spacial score (nSPS) is 11.7. The molecule has 0 radical (unpaired) electrons. The molecule has 176 valence electrons. The third-order valence-electron chi connectivity index (χ3n) is 4.99. The first kappa shape index (κ1) is 23.3. The molecule has 4 rings (SSSR count). The van der Waals surface area contributed by atoms with Crippen molar-refractivity contribution < 1.29 is 17.2 Å². The van der Waals surface area contributed by atoms with Crippen LogP contribution in [0.2, 0.25) is 5.02 Å². The SMILES string of the molecule is Cc1ccc(Cl)cc1S(=O)(=O)Nc1ccc(F)c(-n2c(=O)c3cnc(N)nc3n(C)c2=O)c1F. The van der Waals surface area contributed by atoms with Crippen molar-refractivity contribution in [2.75, 3.05) is 10.5 Å². The van der Waals surface area contributed by atoms with Crippen molar-refractivity contribution in [1.82, 2.24) is 19.1 Å². The fraction of sp³-hybridized carbons (Fsp3) is 0.100. The number of hydrogen-bond acceptors (Lipinski definition) is 7. The molecule has 0 saturated carbocycles. The van der Waals surface area contributed by atoms with E-state index in [-0.39, 0.29) is 31.5 Å². The fourth-order valence-corrected chi connectivity index (χ4v) is 4.89. The summed E-state index contributed by atoms with van der Waals surface area (Å²) in [6.45, 7) is 1.50. The van der Waals surface area contributed by atoms with Crippen LogP contribution in [-0.2, 0) is 17.1 Å². The second kappa shape index (κ2) is 8.18. The van der Waals surface area contributed by atoms with E-state index in [2.05, 4.69) is 9.97 Å². The highest BCUT2D eigenvalue weighted by molar-refractivity contribution is 7.92. The van der Waals surface area contributed by atoms with E-state index in [9.17, 15) is 22.4 Å². The number of aryl methyl sites for hydroxylation is 2. The monoisotopic (exact) mass is 508 g/mol. The number of nitrogen functional groups attached to an aromatic ring is 1. The van der Waals surface area contributed by atoms with Gasteiger partial charge in [-0.2, -0.15) is 4.98 Å². The smallest absolute Gasteiger partial charge is 0.337 e. The number of aromatic nitrogens is 4. The Morgan fingerprint density at radius 1 is 1.15 bits per heavy atom. The number of anilines is 2. The lowest BCUT2D eigenvalue weighted by molar-refractivity contribution is 0.560. The molecule has 0 fully saturated rings. The van der Waals surface area contributed by atoms with Gasteiger partial charge < -0.3 is 5.73 Å². The maximum absolute atomic E-state index is 15.4. The zero-order valence-electron chi connectivity index (χ0n) is 17.5. The lowest BCUT2D eigenvalue weighted by Gasteiger charge is -2.15. The van der Waals surface area contributed by atoms with Gasteiger partial charge in [0.05, 0.1) is 10.6 Å². The number of rotatable bonds is 4. The van der Waals surface area contributed by atoms with Gasteiger partial charge in [-0.15, -0.1) is 0 Å². The summed E-state index contributed by atoms with van der Waals surface area (Å²) in [4.78, 5) is 33.1. The van der Waals surface area contributed by atoms with E-state index >= 15 is 4.39 Å². The molecule has 2 heterocycles. The van der Waals surface area contributed by atoms with Gasteiger partial charge in [-0.05, 0) is 36.8 Å². The van der Waals surface area contributed by atoms with E-state index in [0.29, 0.717) is 5.56 Å². The second-order valence-corrected chi connectivity index (χ2v) is 9.31. The van der Waals surface area contributed by atoms with Crippen LogP contribution in [-0.4, -0.2) is 27.5 Å². The summed E-state index contributed by atoms with van der Waals surface area (Å²) in [5.74, 6) is -2.99. The van der Waals surface area contributed by atoms with Crippen molar-refractivity contribution in [2.24, 2.45) is 7.05 Å². The molecule has 4 aromatic rings. The Kier molecular flexibility index (Phi) is 5.61. The zero-order valence-corrected chi connectivity index (χ0v) is 19.1. The van der Waals surface area contributed by atoms with E-state index in [0.717, 1.165) is 29.0 Å². The Bertz CT molecular complexity index is 1720. The van der Waals surface area contributed by atoms with Gasteiger partial charge >= 0.3 is 5.69 Å². The largest absolute Gasteiger partial charge is 0.368 e. The molecule has 0 saturated heterocycles. The molecular formula is C20H15ClF2N6O4S. The molecule has 0 aliphatic heterocycles. The van der Waals surface area contributed by atoms with Crippen LogP contribution < -0.4 is 21.7 Å². The summed E-state index contributed by atoms with van der Waals surface area (Å²) >= 11 is 5.88. The third kappa shape index (κ3) is 3.78. The van der Waals surface area contributed by atoms with Crippen LogP contribution in [0.3, 0.4) is 0 Å². The van der Waals surface area contributed by atoms with Crippen LogP contribution >= 0.6 is 11.6 Å². The first-order valence-electron chi connectivity index (χ1n) is 9.44. The number of sulfonamides is 1. The molecule has 0 bridgehead atoms. The highest BCUT2D eigenvalue weighted by Gasteiger charge is 2.25. The van der Waals surface area contributed by atoms with Gasteiger partial charge in [0.1, 0.15) is 11.1 Å². The average molecular weight is 509 g/mol. The van der Waals surface area contributed by atoms with Crippen LogP contribution in [0, 0.1) is 18.6 Å². The van der Waals surface area contributed by atoms with Gasteiger partial charge in [0.2, 0.25) is 5.95 Å². The van der Waals surface area contributed by atoms with E-state index < -0.39 is 44.3 Å². The summed E-state index contributed by atoms with van der Waals surface area (Å²) in [5, 5.41) is -0.115. The predicted octanol–water partition coefficient (Wildman–Crippen LogP) is 2.10. The number of hydrogen-bond donors (Lipinski definition) is 2. The van der Waals surface area contributed by atoms with Crippen LogP contribution in [0.5, 0.6) is 0 Å². The molecule has 0 atom stereocenters. The number of fused-ring (bicyclic) bond motifs is 1. The number of nitrogens with one attached hydrogen (secondary N) is 1. The minimum absolute atomic E-state index is 0.125. The van der Waals surface area contributed by atoms with Gasteiger partial charge in [0, 0.05) is 18.3 Å². The molecule has 0 aliphatic carbocycles. The Labute approximate surface area is 195 Å². The Morgan fingerprint density at radius 3 is 2.56 bits per heavy atom. The number of nitrogens with zero attached hydrogens (tertiary/aromatic N) is 4. The maximum atomic E-state index is 15.4. The fourth-order valence-electron chi connectivity index (χ4n) is 3.33. The van der Waals surface area contributed by atoms with Gasteiger partial charge in [-0.25, -0.2) is 31.5 Å². The quantitative estimate of drug-likeness (QED) is 0.430. The Morgan fingerprint density at radius 2 is 1.85 bits per heavy atom. The minimum Gasteiger partial charge on any atom is -0.368 e. The van der Waals surface area contributed by atoms with Crippen molar-refractivity contribution >= 4 is 44.3 Å². The molecule has 14 heteroatoms. The second-order valence-electron chi connectivity index (χ2n) is 7.22. The standard InChI is InChI=1S/C20H15ClF2N6O4S/c1-9-3-4-10(21)7-14(9)34(32,33)27-13-6-5-12(22)16(15(13)23)29-18(30)11-8-25-19(24)26-17(11)28(2)20(29)31/h3-8,27H,1-2H3,(H2,24,25,26). The third-order valence-corrected chi connectivity index (χ3v) is 6.73. The van der Waals surface area contributed by atoms with E-state index in [1.54, 1.807) is 0 Å². The van der Waals surface area contributed by atoms with Crippen molar-refractivity contribution in [1.29, 1.82) is 0 Å². The number of nitrogens with two attached hydrogens (primary N) is 1. The Hall–Kier alpha value is -3.84. The van der Waals surface area contributed by atoms with Crippen LogP contribution in [0.4, 0.5) is 20.4 Å². The Balaban J connectivity index is 1.94. The molecule has 2 aromatic heterocycles. The summed E-state index contributed by atoms with van der Waals surface area (Å²) in [5.41, 5.74) is 1.63. The zero-order chi connectivity index (χ0) is 24.9. The lowest BCUT2D eigenvalue weighted by Crippen LogP contribution is -2.39. The molecule has 0 unspecified atom stereocenters. The molecule has 34 heavy (non-hydrogen) atoms. The van der Waals surface area contributed by atoms with Gasteiger partial charge in [-0.1, -0.05) is 17.7 Å². The molecule has 3 N–H and O–H groups in total. The predicted molar refractivity (Wildman–Crippen MR) is 122 cm³/mol. The first-order valence-corrected chi connectivity index (χ1v) is 11.3. The minimum atomic E-state index is -4.37. The van der Waals surface area contributed by atoms with Crippen molar-refractivity contribution in [3.05, 3.63) is 79.6 Å². The highest BCUT2D eigenvalue weighted by Crippen LogP contribution is 2.27. The molecule has 0 amide bonds. The van der Waals surface area contributed by atoms with E-state index in [4.69, 9.17) is 17.3 Å². The molecular weight excluding hydrogens is 494 g/mol. The number of benzene rings is 2. The highest BCUT2D eigenvalue weighted by atomic mass is 35.5. The molecule has 2 aromatic carbocycles. The van der Waals surface area contributed by atoms with Gasteiger partial charge in [0.25, 0.3) is 15.6 Å². The molecule has 10 nitrogen and oxygen atoms in total. The number of halogens is 3.